The molecule has 1 amide bonds. The predicted molar refractivity (Wildman–Crippen MR) is 131 cm³/mol. The fourth-order valence-electron chi connectivity index (χ4n) is 3.02. The third-order valence-corrected chi connectivity index (χ3v) is 5.08. The van der Waals surface area contributed by atoms with Crippen molar-refractivity contribution in [1.29, 1.82) is 0 Å². The van der Waals surface area contributed by atoms with Gasteiger partial charge in [0, 0.05) is 29.8 Å². The highest BCUT2D eigenvalue weighted by Gasteiger charge is 2.30. The largest absolute Gasteiger partial charge is 0.469 e. The fraction of sp³-hybridized carbons (Fsp3) is 0.240. The van der Waals surface area contributed by atoms with Crippen LogP contribution in [0.4, 0.5) is 18.9 Å². The molecule has 0 bridgehead atoms. The highest BCUT2D eigenvalue weighted by Crippen LogP contribution is 2.31. The number of hydrogen-bond donors (Lipinski definition) is 1. The van der Waals surface area contributed by atoms with Crippen LogP contribution in [0.15, 0.2) is 72.0 Å². The number of nitrogens with zero attached hydrogens (tertiary/aromatic N) is 2. The Hall–Kier alpha value is -3.59. The zero-order valence-electron chi connectivity index (χ0n) is 19.0. The minimum absolute atomic E-state index is 0.0159. The van der Waals surface area contributed by atoms with Gasteiger partial charge in [-0.25, -0.2) is 4.99 Å². The SMILES string of the molecule is C=C(/N=C\C=C(/N)c1cccc(Cl)c1)N(C(=O)CCCCC(=O)OC)c1ccc(C(F)(F)F)cc1. The number of amides is 1. The number of benzene rings is 2. The van der Waals surface area contributed by atoms with E-state index in [-0.39, 0.29) is 24.4 Å². The van der Waals surface area contributed by atoms with Gasteiger partial charge in [0.2, 0.25) is 5.91 Å². The van der Waals surface area contributed by atoms with Crippen LogP contribution in [0.25, 0.3) is 5.70 Å². The molecule has 0 saturated heterocycles. The summed E-state index contributed by atoms with van der Waals surface area (Å²) in [6.45, 7) is 3.80. The molecule has 0 spiro atoms. The number of rotatable bonds is 10. The number of nitrogens with two attached hydrogens (primary N) is 1. The Balaban J connectivity index is 2.22. The number of esters is 1. The highest BCUT2D eigenvalue weighted by atomic mass is 35.5. The van der Waals surface area contributed by atoms with Crippen LogP contribution in [0.1, 0.15) is 36.8 Å². The van der Waals surface area contributed by atoms with Gasteiger partial charge in [0.15, 0.2) is 0 Å². The lowest BCUT2D eigenvalue weighted by Crippen LogP contribution is -2.29. The van der Waals surface area contributed by atoms with E-state index in [9.17, 15) is 22.8 Å². The van der Waals surface area contributed by atoms with E-state index >= 15 is 0 Å². The molecule has 0 fully saturated rings. The van der Waals surface area contributed by atoms with Gasteiger partial charge in [-0.15, -0.1) is 0 Å². The number of carbonyl (C=O) groups is 2. The first kappa shape index (κ1) is 27.7. The molecule has 0 aliphatic heterocycles. The van der Waals surface area contributed by atoms with E-state index in [2.05, 4.69) is 16.3 Å². The summed E-state index contributed by atoms with van der Waals surface area (Å²) in [7, 11) is 1.27. The summed E-state index contributed by atoms with van der Waals surface area (Å²) in [6.07, 6.45) is -0.747. The molecule has 0 unspecified atom stereocenters. The molecule has 0 radical (unpaired) electrons. The van der Waals surface area contributed by atoms with Gasteiger partial charge < -0.3 is 10.5 Å². The van der Waals surface area contributed by atoms with E-state index < -0.39 is 23.6 Å². The lowest BCUT2D eigenvalue weighted by molar-refractivity contribution is -0.141. The lowest BCUT2D eigenvalue weighted by Gasteiger charge is -2.23. The van der Waals surface area contributed by atoms with Crippen molar-refractivity contribution < 1.29 is 27.5 Å². The number of halogens is 4. The lowest BCUT2D eigenvalue weighted by atomic mass is 10.1. The van der Waals surface area contributed by atoms with Crippen LogP contribution in [-0.4, -0.2) is 25.2 Å². The number of allylic oxidation sites excluding steroid dienone is 1. The van der Waals surface area contributed by atoms with Crippen LogP contribution in [0.2, 0.25) is 5.02 Å². The van der Waals surface area contributed by atoms with E-state index in [1.54, 1.807) is 24.3 Å². The van der Waals surface area contributed by atoms with Gasteiger partial charge in [0.05, 0.1) is 18.4 Å². The molecule has 2 aromatic carbocycles. The first-order valence-electron chi connectivity index (χ1n) is 10.5. The van der Waals surface area contributed by atoms with Gasteiger partial charge in [0.1, 0.15) is 5.82 Å². The zero-order valence-corrected chi connectivity index (χ0v) is 19.8. The number of ether oxygens (including phenoxy) is 1. The predicted octanol–water partition coefficient (Wildman–Crippen LogP) is 5.97. The Labute approximate surface area is 206 Å². The second-order valence-electron chi connectivity index (χ2n) is 7.38. The maximum atomic E-state index is 13.0. The highest BCUT2D eigenvalue weighted by molar-refractivity contribution is 6.30. The average Bonchev–Trinajstić information content (AvgIpc) is 2.81. The molecule has 35 heavy (non-hydrogen) atoms. The minimum Gasteiger partial charge on any atom is -0.469 e. The van der Waals surface area contributed by atoms with Gasteiger partial charge in [-0.3, -0.25) is 14.5 Å². The molecule has 0 aromatic heterocycles. The standard InChI is InChI=1S/C25H25ClF3N3O3/c1-17(31-15-14-22(30)18-6-5-7-20(26)16-18)32(23(33)8-3-4-9-24(34)35-2)21-12-10-19(11-13-21)25(27,28)29/h5-7,10-16H,1,3-4,8-9,30H2,2H3/b22-14-,31-15-. The van der Waals surface area contributed by atoms with E-state index in [1.807, 2.05) is 0 Å². The fourth-order valence-corrected chi connectivity index (χ4v) is 3.21. The van der Waals surface area contributed by atoms with Gasteiger partial charge in [-0.05, 0) is 60.9 Å². The molecule has 2 rings (SSSR count). The van der Waals surface area contributed by atoms with Crippen molar-refractivity contribution >= 4 is 41.1 Å². The summed E-state index contributed by atoms with van der Waals surface area (Å²) in [5.41, 5.74) is 6.37. The number of carbonyl (C=O) groups excluding carboxylic acids is 2. The van der Waals surface area contributed by atoms with Crippen molar-refractivity contribution in [3.63, 3.8) is 0 Å². The second-order valence-corrected chi connectivity index (χ2v) is 7.82. The number of unbranched alkanes of at least 4 members (excludes halogenated alkanes) is 1. The van der Waals surface area contributed by atoms with E-state index in [0.717, 1.165) is 17.0 Å². The summed E-state index contributed by atoms with van der Waals surface area (Å²) in [6, 6.07) is 11.0. The number of anilines is 1. The molecule has 0 aliphatic carbocycles. The Bertz CT molecular complexity index is 1110. The second kappa shape index (κ2) is 12.8. The first-order valence-corrected chi connectivity index (χ1v) is 10.9. The zero-order chi connectivity index (χ0) is 26.0. The number of hydrogen-bond acceptors (Lipinski definition) is 5. The van der Waals surface area contributed by atoms with Crippen LogP contribution in [0, 0.1) is 0 Å². The molecule has 186 valence electrons. The molecule has 0 atom stereocenters. The van der Waals surface area contributed by atoms with Crippen LogP contribution < -0.4 is 10.6 Å². The topological polar surface area (TPSA) is 85.0 Å². The van der Waals surface area contributed by atoms with Crippen LogP contribution in [0.5, 0.6) is 0 Å². The monoisotopic (exact) mass is 507 g/mol. The van der Waals surface area contributed by atoms with E-state index in [0.29, 0.717) is 29.1 Å². The van der Waals surface area contributed by atoms with Crippen LogP contribution >= 0.6 is 11.6 Å². The van der Waals surface area contributed by atoms with Crippen molar-refractivity contribution in [2.24, 2.45) is 10.7 Å². The molecule has 2 aromatic rings. The Morgan fingerprint density at radius 2 is 1.80 bits per heavy atom. The van der Waals surface area contributed by atoms with Gasteiger partial charge >= 0.3 is 12.1 Å². The van der Waals surface area contributed by atoms with Gasteiger partial charge in [-0.2, -0.15) is 13.2 Å². The summed E-state index contributed by atoms with van der Waals surface area (Å²) < 4.78 is 43.4. The van der Waals surface area contributed by atoms with Crippen molar-refractivity contribution in [3.05, 3.63) is 83.2 Å². The van der Waals surface area contributed by atoms with Crippen LogP contribution in [-0.2, 0) is 20.5 Å². The third-order valence-electron chi connectivity index (χ3n) is 4.85. The molecule has 2 N–H and O–H groups in total. The Morgan fingerprint density at radius 3 is 2.40 bits per heavy atom. The molecular weight excluding hydrogens is 483 g/mol. The Kier molecular flexibility index (Phi) is 10.1. The summed E-state index contributed by atoms with van der Waals surface area (Å²) in [4.78, 5) is 29.5. The normalized spacial score (nSPS) is 12.0. The molecule has 0 saturated carbocycles. The van der Waals surface area contributed by atoms with E-state index in [1.165, 1.54) is 31.5 Å². The van der Waals surface area contributed by atoms with Crippen molar-refractivity contribution in [3.8, 4) is 0 Å². The van der Waals surface area contributed by atoms with Crippen molar-refractivity contribution in [2.45, 2.75) is 31.9 Å². The van der Waals surface area contributed by atoms with Gasteiger partial charge in [-0.1, -0.05) is 30.3 Å². The maximum absolute atomic E-state index is 13.0. The number of alkyl halides is 3. The molecule has 0 heterocycles. The van der Waals surface area contributed by atoms with Gasteiger partial charge in [0.25, 0.3) is 0 Å². The van der Waals surface area contributed by atoms with Crippen molar-refractivity contribution in [2.75, 3.05) is 12.0 Å². The smallest absolute Gasteiger partial charge is 0.416 e. The third kappa shape index (κ3) is 8.60. The summed E-state index contributed by atoms with van der Waals surface area (Å²) in [5, 5.41) is 0.506. The minimum atomic E-state index is -4.51. The molecular formula is C25H25ClF3N3O3. The van der Waals surface area contributed by atoms with Crippen molar-refractivity contribution in [1.82, 2.24) is 0 Å². The quantitative estimate of drug-likeness (QED) is 0.244. The van der Waals surface area contributed by atoms with E-state index in [4.69, 9.17) is 17.3 Å². The number of methoxy groups -OCH3 is 1. The summed E-state index contributed by atoms with van der Waals surface area (Å²) in [5.74, 6) is -0.850. The molecule has 6 nitrogen and oxygen atoms in total. The summed E-state index contributed by atoms with van der Waals surface area (Å²) >= 11 is 5.96. The molecule has 10 heteroatoms. The first-order chi connectivity index (χ1) is 16.5. The maximum Gasteiger partial charge on any atom is 0.416 e. The Morgan fingerprint density at radius 1 is 1.14 bits per heavy atom. The molecule has 0 aliphatic rings. The average molecular weight is 508 g/mol. The number of aliphatic imine (C=N–C) groups is 1. The van der Waals surface area contributed by atoms with Crippen LogP contribution in [0.3, 0.4) is 0 Å².